The van der Waals surface area contributed by atoms with Crippen LogP contribution in [0.3, 0.4) is 0 Å². The number of hydrogen-bond acceptors (Lipinski definition) is 3. The maximum atomic E-state index is 12.8. The van der Waals surface area contributed by atoms with Crippen molar-refractivity contribution in [1.29, 1.82) is 0 Å². The van der Waals surface area contributed by atoms with Crippen molar-refractivity contribution in [2.45, 2.75) is 25.8 Å². The number of benzene rings is 2. The van der Waals surface area contributed by atoms with Gasteiger partial charge in [0.15, 0.2) is 0 Å². The van der Waals surface area contributed by atoms with Gasteiger partial charge in [0.25, 0.3) is 0 Å². The molecule has 1 saturated heterocycles. The Hall–Kier alpha value is -2.69. The lowest BCUT2D eigenvalue weighted by Gasteiger charge is -2.26. The first kappa shape index (κ1) is 17.1. The first-order valence-corrected chi connectivity index (χ1v) is 8.66. The Bertz CT molecular complexity index is 715. The Kier molecular flexibility index (Phi) is 5.43. The number of nitrogens with zero attached hydrogens (tertiary/aromatic N) is 1. The minimum Gasteiger partial charge on any atom is -0.497 e. The summed E-state index contributed by atoms with van der Waals surface area (Å²) in [6, 6.07) is 15.5. The molecule has 1 aliphatic rings. The summed E-state index contributed by atoms with van der Waals surface area (Å²) < 4.78 is 10.8. The second kappa shape index (κ2) is 7.92. The minimum absolute atomic E-state index is 0.0881. The van der Waals surface area contributed by atoms with Gasteiger partial charge < -0.3 is 19.7 Å². The molecule has 0 radical (unpaired) electrons. The molecule has 0 spiro atoms. The van der Waals surface area contributed by atoms with Crippen molar-refractivity contribution in [1.82, 2.24) is 4.90 Å². The van der Waals surface area contributed by atoms with Crippen molar-refractivity contribution in [3.05, 3.63) is 54.1 Å². The van der Waals surface area contributed by atoms with Gasteiger partial charge in [0, 0.05) is 6.54 Å². The van der Waals surface area contributed by atoms with Crippen molar-refractivity contribution in [3.8, 4) is 11.5 Å². The lowest BCUT2D eigenvalue weighted by molar-refractivity contribution is 0.207. The summed E-state index contributed by atoms with van der Waals surface area (Å²) in [5, 5.41) is 3.00. The lowest BCUT2D eigenvalue weighted by Crippen LogP contribution is -2.34. The van der Waals surface area contributed by atoms with E-state index >= 15 is 0 Å². The molecule has 0 saturated carbocycles. The van der Waals surface area contributed by atoms with Crippen molar-refractivity contribution < 1.29 is 14.3 Å². The van der Waals surface area contributed by atoms with E-state index in [4.69, 9.17) is 9.47 Å². The number of amides is 2. The summed E-state index contributed by atoms with van der Waals surface area (Å²) in [5.74, 6) is 1.52. The Morgan fingerprint density at radius 3 is 2.68 bits per heavy atom. The van der Waals surface area contributed by atoms with Gasteiger partial charge in [0.1, 0.15) is 11.5 Å². The van der Waals surface area contributed by atoms with Gasteiger partial charge in [-0.2, -0.15) is 0 Å². The standard InChI is InChI=1S/C20H24N2O3/c1-3-25-19-9-5-4-7-17(19)21-20(23)22-14-6-8-18(22)15-10-12-16(24-2)13-11-15/h4-5,7,9-13,18H,3,6,8,14H2,1-2H3,(H,21,23)/t18-/m0/s1. The zero-order valence-corrected chi connectivity index (χ0v) is 14.7. The zero-order chi connectivity index (χ0) is 17.6. The second-order valence-electron chi connectivity index (χ2n) is 5.98. The van der Waals surface area contributed by atoms with Gasteiger partial charge in [-0.1, -0.05) is 24.3 Å². The number of methoxy groups -OCH3 is 1. The van der Waals surface area contributed by atoms with Crippen molar-refractivity contribution in [3.63, 3.8) is 0 Å². The molecule has 2 amide bonds. The Morgan fingerprint density at radius 2 is 1.96 bits per heavy atom. The highest BCUT2D eigenvalue weighted by molar-refractivity contribution is 5.91. The lowest BCUT2D eigenvalue weighted by atomic mass is 10.0. The number of rotatable bonds is 5. The van der Waals surface area contributed by atoms with Gasteiger partial charge >= 0.3 is 6.03 Å². The summed E-state index contributed by atoms with van der Waals surface area (Å²) >= 11 is 0. The van der Waals surface area contributed by atoms with E-state index in [9.17, 15) is 4.79 Å². The molecule has 0 bridgehead atoms. The van der Waals surface area contributed by atoms with Crippen LogP contribution in [-0.2, 0) is 0 Å². The van der Waals surface area contributed by atoms with Gasteiger partial charge in [0.2, 0.25) is 0 Å². The highest BCUT2D eigenvalue weighted by atomic mass is 16.5. The van der Waals surface area contributed by atoms with Crippen molar-refractivity contribution >= 4 is 11.7 Å². The monoisotopic (exact) mass is 340 g/mol. The summed E-state index contributed by atoms with van der Waals surface area (Å²) in [7, 11) is 1.65. The molecular weight excluding hydrogens is 316 g/mol. The van der Waals surface area contributed by atoms with E-state index in [2.05, 4.69) is 5.32 Å². The van der Waals surface area contributed by atoms with Crippen LogP contribution in [0.4, 0.5) is 10.5 Å². The Labute approximate surface area is 148 Å². The van der Waals surface area contributed by atoms with Gasteiger partial charge in [-0.3, -0.25) is 0 Å². The van der Waals surface area contributed by atoms with E-state index in [0.29, 0.717) is 18.0 Å². The molecule has 0 aromatic heterocycles. The van der Waals surface area contributed by atoms with E-state index in [1.165, 1.54) is 0 Å². The third kappa shape index (κ3) is 3.87. The third-order valence-corrected chi connectivity index (χ3v) is 4.44. The number of likely N-dealkylation sites (tertiary alicyclic amines) is 1. The molecule has 132 valence electrons. The number of carbonyl (C=O) groups is 1. The number of hydrogen-bond donors (Lipinski definition) is 1. The predicted octanol–water partition coefficient (Wildman–Crippen LogP) is 4.46. The molecule has 1 atom stereocenters. The maximum Gasteiger partial charge on any atom is 0.322 e. The first-order valence-electron chi connectivity index (χ1n) is 8.66. The van der Waals surface area contributed by atoms with E-state index < -0.39 is 0 Å². The van der Waals surface area contributed by atoms with E-state index in [-0.39, 0.29) is 12.1 Å². The Balaban J connectivity index is 1.74. The van der Waals surface area contributed by atoms with Crippen LogP contribution >= 0.6 is 0 Å². The Morgan fingerprint density at radius 1 is 1.20 bits per heavy atom. The van der Waals surface area contributed by atoms with Crippen molar-refractivity contribution in [2.24, 2.45) is 0 Å². The van der Waals surface area contributed by atoms with Crippen LogP contribution in [0.1, 0.15) is 31.4 Å². The van der Waals surface area contributed by atoms with Crippen LogP contribution in [0, 0.1) is 0 Å². The molecule has 0 unspecified atom stereocenters. The van der Waals surface area contributed by atoms with Crippen LogP contribution in [-0.4, -0.2) is 31.2 Å². The fourth-order valence-electron chi connectivity index (χ4n) is 3.22. The molecule has 3 rings (SSSR count). The molecule has 25 heavy (non-hydrogen) atoms. The summed E-state index contributed by atoms with van der Waals surface area (Å²) in [6.07, 6.45) is 1.96. The van der Waals surface area contributed by atoms with E-state index in [0.717, 1.165) is 30.7 Å². The summed E-state index contributed by atoms with van der Waals surface area (Å²) in [5.41, 5.74) is 1.83. The van der Waals surface area contributed by atoms with Crippen LogP contribution < -0.4 is 14.8 Å². The number of carbonyl (C=O) groups excluding carboxylic acids is 1. The zero-order valence-electron chi connectivity index (χ0n) is 14.7. The molecule has 5 heteroatoms. The smallest absolute Gasteiger partial charge is 0.322 e. The molecule has 1 fully saturated rings. The average Bonchev–Trinajstić information content (AvgIpc) is 3.13. The normalized spacial score (nSPS) is 16.6. The first-order chi connectivity index (χ1) is 12.2. The van der Waals surface area contributed by atoms with Gasteiger partial charge in [-0.25, -0.2) is 4.79 Å². The quantitative estimate of drug-likeness (QED) is 0.874. The molecule has 1 heterocycles. The van der Waals surface area contributed by atoms with Crippen LogP contribution in [0.25, 0.3) is 0 Å². The van der Waals surface area contributed by atoms with Gasteiger partial charge in [0.05, 0.1) is 25.4 Å². The van der Waals surface area contributed by atoms with E-state index in [1.54, 1.807) is 7.11 Å². The number of nitrogens with one attached hydrogen (secondary N) is 1. The second-order valence-corrected chi connectivity index (χ2v) is 5.98. The highest BCUT2D eigenvalue weighted by Gasteiger charge is 2.30. The molecular formula is C20H24N2O3. The highest BCUT2D eigenvalue weighted by Crippen LogP contribution is 2.34. The number of anilines is 1. The number of ether oxygens (including phenoxy) is 2. The summed E-state index contributed by atoms with van der Waals surface area (Å²) in [4.78, 5) is 14.7. The fraction of sp³-hybridized carbons (Fsp3) is 0.350. The molecule has 1 aliphatic heterocycles. The molecule has 1 N–H and O–H groups in total. The van der Waals surface area contributed by atoms with Gasteiger partial charge in [-0.05, 0) is 49.6 Å². The van der Waals surface area contributed by atoms with Crippen LogP contribution in [0.5, 0.6) is 11.5 Å². The van der Waals surface area contributed by atoms with Crippen molar-refractivity contribution in [2.75, 3.05) is 25.6 Å². The molecule has 0 aliphatic carbocycles. The minimum atomic E-state index is -0.0922. The summed E-state index contributed by atoms with van der Waals surface area (Å²) in [6.45, 7) is 3.24. The maximum absolute atomic E-state index is 12.8. The van der Waals surface area contributed by atoms with Gasteiger partial charge in [-0.15, -0.1) is 0 Å². The molecule has 5 nitrogen and oxygen atoms in total. The predicted molar refractivity (Wildman–Crippen MR) is 98.3 cm³/mol. The van der Waals surface area contributed by atoms with E-state index in [1.807, 2.05) is 60.4 Å². The number of para-hydroxylation sites is 2. The molecule has 2 aromatic carbocycles. The average molecular weight is 340 g/mol. The molecule has 2 aromatic rings. The third-order valence-electron chi connectivity index (χ3n) is 4.44. The fourth-order valence-corrected chi connectivity index (χ4v) is 3.22. The SMILES string of the molecule is CCOc1ccccc1NC(=O)N1CCC[C@H]1c1ccc(OC)cc1. The van der Waals surface area contributed by atoms with Crippen LogP contribution in [0.2, 0.25) is 0 Å². The topological polar surface area (TPSA) is 50.8 Å². The largest absolute Gasteiger partial charge is 0.497 e. The number of urea groups is 1. The van der Waals surface area contributed by atoms with Crippen LogP contribution in [0.15, 0.2) is 48.5 Å².